The number of halogens is 1. The number of carbonyl (C=O) groups is 2. The topological polar surface area (TPSA) is 167 Å². The predicted octanol–water partition coefficient (Wildman–Crippen LogP) is -1.05. The van der Waals surface area contributed by atoms with Gasteiger partial charge in [-0.2, -0.15) is 0 Å². The highest BCUT2D eigenvalue weighted by Crippen LogP contribution is 2.41. The van der Waals surface area contributed by atoms with Crippen molar-refractivity contribution >= 4 is 19.6 Å². The maximum atomic E-state index is 15.0. The fourth-order valence-corrected chi connectivity index (χ4v) is 4.31. The highest BCUT2D eigenvalue weighted by atomic mass is 31.2. The molecule has 3 heterocycles. The molecular formula is C16H22FN4O9P. The Balaban J connectivity index is 1.75. The zero-order valence-corrected chi connectivity index (χ0v) is 17.5. The van der Waals surface area contributed by atoms with Gasteiger partial charge in [0.25, 0.3) is 5.56 Å². The second kappa shape index (κ2) is 9.40. The van der Waals surface area contributed by atoms with Gasteiger partial charge in [0.15, 0.2) is 18.5 Å². The third-order valence-electron chi connectivity index (χ3n) is 4.31. The van der Waals surface area contributed by atoms with Crippen molar-refractivity contribution in [2.45, 2.75) is 44.6 Å². The van der Waals surface area contributed by atoms with Crippen LogP contribution in [0.5, 0.6) is 0 Å². The van der Waals surface area contributed by atoms with Gasteiger partial charge in [-0.25, -0.2) is 19.4 Å². The molecule has 0 amide bonds. The highest BCUT2D eigenvalue weighted by molar-refractivity contribution is 7.54. The summed E-state index contributed by atoms with van der Waals surface area (Å²) in [6, 6.07) is 1.00. The maximum absolute atomic E-state index is 15.0. The first-order valence-corrected chi connectivity index (χ1v) is 11.0. The summed E-state index contributed by atoms with van der Waals surface area (Å²) in [4.78, 5) is 49.0. The van der Waals surface area contributed by atoms with E-state index in [-0.39, 0.29) is 6.10 Å². The number of nitrogens with one attached hydrogen (secondary N) is 3. The van der Waals surface area contributed by atoms with E-state index < -0.39 is 75.2 Å². The lowest BCUT2D eigenvalue weighted by atomic mass is 10.1. The average molecular weight is 464 g/mol. The molecule has 13 nitrogen and oxygen atoms in total. The van der Waals surface area contributed by atoms with Gasteiger partial charge >= 0.3 is 25.3 Å². The lowest BCUT2D eigenvalue weighted by Crippen LogP contribution is -2.38. The SMILES string of the molecule is CC(C)OC(=O)CNP1(=O)NCC(=O)OC2[C@@H](CO1)O[C@@H](n1ccc(=O)[nH]c1=O)[C@H]2F. The molecule has 15 heteroatoms. The van der Waals surface area contributed by atoms with Crippen LogP contribution in [-0.4, -0.2) is 65.7 Å². The van der Waals surface area contributed by atoms with Crippen LogP contribution in [-0.2, 0) is 32.9 Å². The monoisotopic (exact) mass is 464 g/mol. The van der Waals surface area contributed by atoms with Gasteiger partial charge in [-0.15, -0.1) is 0 Å². The number of hydrogen-bond donors (Lipinski definition) is 3. The summed E-state index contributed by atoms with van der Waals surface area (Å²) in [5, 5.41) is 4.69. The Morgan fingerprint density at radius 1 is 1.42 bits per heavy atom. The van der Waals surface area contributed by atoms with Gasteiger partial charge in [0, 0.05) is 12.3 Å². The van der Waals surface area contributed by atoms with Gasteiger partial charge in [0.2, 0.25) is 0 Å². The van der Waals surface area contributed by atoms with Gasteiger partial charge < -0.3 is 18.7 Å². The van der Waals surface area contributed by atoms with Crippen LogP contribution >= 0.6 is 7.67 Å². The van der Waals surface area contributed by atoms with E-state index in [0.717, 1.165) is 16.8 Å². The molecule has 0 aliphatic carbocycles. The molecule has 1 aromatic heterocycles. The van der Waals surface area contributed by atoms with Crippen LogP contribution in [0.1, 0.15) is 20.1 Å². The van der Waals surface area contributed by atoms with Crippen molar-refractivity contribution in [2.75, 3.05) is 19.7 Å². The van der Waals surface area contributed by atoms with Crippen LogP contribution in [0.4, 0.5) is 4.39 Å². The second-order valence-corrected chi connectivity index (χ2v) is 9.03. The zero-order valence-electron chi connectivity index (χ0n) is 16.6. The molecule has 2 saturated heterocycles. The van der Waals surface area contributed by atoms with Gasteiger partial charge in [-0.3, -0.25) is 28.5 Å². The average Bonchev–Trinajstić information content (AvgIpc) is 3.00. The Kier molecular flexibility index (Phi) is 7.06. The molecule has 172 valence electrons. The van der Waals surface area contributed by atoms with Crippen molar-refractivity contribution in [3.63, 3.8) is 0 Å². The minimum atomic E-state index is -3.94. The van der Waals surface area contributed by atoms with E-state index >= 15 is 4.39 Å². The number of aromatic nitrogens is 2. The smallest absolute Gasteiger partial charge is 0.341 e. The van der Waals surface area contributed by atoms with Crippen molar-refractivity contribution in [2.24, 2.45) is 0 Å². The Morgan fingerprint density at radius 3 is 2.84 bits per heavy atom. The maximum Gasteiger partial charge on any atom is 0.341 e. The Morgan fingerprint density at radius 2 is 2.16 bits per heavy atom. The molecular weight excluding hydrogens is 442 g/mol. The van der Waals surface area contributed by atoms with E-state index in [1.807, 2.05) is 4.98 Å². The number of ether oxygens (including phenoxy) is 3. The molecule has 31 heavy (non-hydrogen) atoms. The first kappa shape index (κ1) is 23.3. The quantitative estimate of drug-likeness (QED) is 0.359. The van der Waals surface area contributed by atoms with Crippen LogP contribution < -0.4 is 21.4 Å². The fraction of sp³-hybridized carbons (Fsp3) is 0.625. The molecule has 2 unspecified atom stereocenters. The van der Waals surface area contributed by atoms with Crippen LogP contribution in [0, 0.1) is 0 Å². The Bertz CT molecular complexity index is 996. The van der Waals surface area contributed by atoms with Crippen molar-refractivity contribution in [3.05, 3.63) is 33.1 Å². The number of aromatic amines is 1. The lowest BCUT2D eigenvalue weighted by molar-refractivity contribution is -0.152. The van der Waals surface area contributed by atoms with E-state index in [0.29, 0.717) is 0 Å². The number of fused-ring (bicyclic) bond motifs is 1. The summed E-state index contributed by atoms with van der Waals surface area (Å²) in [7, 11) is -3.94. The van der Waals surface area contributed by atoms with Crippen molar-refractivity contribution < 1.29 is 37.3 Å². The van der Waals surface area contributed by atoms with Crippen LogP contribution in [0.2, 0.25) is 0 Å². The largest absolute Gasteiger partial charge is 0.462 e. The first-order valence-electron chi connectivity index (χ1n) is 9.33. The standard InChI is InChI=1S/C16H22FN4O9P/c1-8(2)28-11(23)5-18-31(26)19-6-12(24)30-14-9(7-27-31)29-15(13(14)17)21-4-3-10(22)20-16(21)25/h3-4,8-9,13-15H,5-7H2,1-2H3,(H2,18,19,26)(H,20,22,25)/t9-,13+,14?,15-,31?/m1/s1. The molecule has 1 aromatic rings. The van der Waals surface area contributed by atoms with Gasteiger partial charge in [-0.1, -0.05) is 0 Å². The summed E-state index contributed by atoms with van der Waals surface area (Å²) < 4.78 is 49.5. The molecule has 0 saturated carbocycles. The van der Waals surface area contributed by atoms with Crippen LogP contribution in [0.25, 0.3) is 0 Å². The van der Waals surface area contributed by atoms with Crippen LogP contribution in [0.3, 0.4) is 0 Å². The number of esters is 2. The van der Waals surface area contributed by atoms with Crippen molar-refractivity contribution in [1.82, 2.24) is 19.7 Å². The summed E-state index contributed by atoms with van der Waals surface area (Å²) in [6.07, 6.45) is -5.53. The number of hydrogen-bond acceptors (Lipinski definition) is 9. The molecule has 0 aromatic carbocycles. The van der Waals surface area contributed by atoms with E-state index in [1.54, 1.807) is 13.8 Å². The minimum Gasteiger partial charge on any atom is -0.462 e. The number of H-pyrrole nitrogens is 1. The van der Waals surface area contributed by atoms with E-state index in [4.69, 9.17) is 18.7 Å². The number of alkyl halides is 1. The second-order valence-electron chi connectivity index (χ2n) is 7.04. The first-order chi connectivity index (χ1) is 14.6. The molecule has 0 bridgehead atoms. The molecule has 0 spiro atoms. The van der Waals surface area contributed by atoms with Crippen molar-refractivity contribution in [3.8, 4) is 0 Å². The Labute approximate surface area is 174 Å². The summed E-state index contributed by atoms with van der Waals surface area (Å²) in [5.41, 5.74) is -1.60. The highest BCUT2D eigenvalue weighted by Gasteiger charge is 2.50. The normalized spacial score (nSPS) is 31.3. The van der Waals surface area contributed by atoms with Gasteiger partial charge in [0.05, 0.1) is 12.7 Å². The van der Waals surface area contributed by atoms with Crippen molar-refractivity contribution in [1.29, 1.82) is 0 Å². The minimum absolute atomic E-state index is 0.387. The van der Waals surface area contributed by atoms with E-state index in [2.05, 4.69) is 10.2 Å². The number of nitrogens with zero attached hydrogens (tertiary/aromatic N) is 1. The van der Waals surface area contributed by atoms with Crippen LogP contribution in [0.15, 0.2) is 21.9 Å². The summed E-state index contributed by atoms with van der Waals surface area (Å²) in [5.74, 6) is -1.65. The fourth-order valence-electron chi connectivity index (χ4n) is 2.98. The molecule has 2 aliphatic rings. The summed E-state index contributed by atoms with van der Waals surface area (Å²) in [6.45, 7) is 1.69. The molecule has 5 atom stereocenters. The predicted molar refractivity (Wildman–Crippen MR) is 101 cm³/mol. The Hall–Kier alpha value is -2.38. The third kappa shape index (κ3) is 5.66. The number of carbonyl (C=O) groups excluding carboxylic acids is 2. The lowest BCUT2D eigenvalue weighted by Gasteiger charge is -2.21. The third-order valence-corrected chi connectivity index (χ3v) is 5.97. The molecule has 0 radical (unpaired) electrons. The zero-order chi connectivity index (χ0) is 22.8. The van der Waals surface area contributed by atoms with E-state index in [1.165, 1.54) is 0 Å². The molecule has 3 rings (SSSR count). The molecule has 2 aliphatic heterocycles. The van der Waals surface area contributed by atoms with E-state index in [9.17, 15) is 23.7 Å². The molecule has 2 fully saturated rings. The van der Waals surface area contributed by atoms with Gasteiger partial charge in [0.1, 0.15) is 19.2 Å². The summed E-state index contributed by atoms with van der Waals surface area (Å²) >= 11 is 0. The number of rotatable bonds is 5. The van der Waals surface area contributed by atoms with Gasteiger partial charge in [-0.05, 0) is 13.8 Å². The molecule has 3 N–H and O–H groups in total.